The predicted octanol–water partition coefficient (Wildman–Crippen LogP) is 12.2. The van der Waals surface area contributed by atoms with E-state index in [4.69, 9.17) is 20.0 Å². The number of fused-ring (bicyclic) bond motifs is 6. The zero-order valence-electron chi connectivity index (χ0n) is 40.3. The Morgan fingerprint density at radius 3 is 2.34 bits per heavy atom. The van der Waals surface area contributed by atoms with Crippen LogP contribution in [0.15, 0.2) is 174 Å². The van der Waals surface area contributed by atoms with E-state index in [2.05, 4.69) is 98.6 Å². The minimum absolute atomic E-state index is 0.000872. The highest BCUT2D eigenvalue weighted by molar-refractivity contribution is 14.1. The van der Waals surface area contributed by atoms with Crippen LogP contribution in [0.3, 0.4) is 0 Å². The van der Waals surface area contributed by atoms with E-state index in [-0.39, 0.29) is 23.7 Å². The Kier molecular flexibility index (Phi) is 13.4. The van der Waals surface area contributed by atoms with Gasteiger partial charge in [-0.1, -0.05) is 81.8 Å². The highest BCUT2D eigenvalue weighted by atomic mass is 127. The summed E-state index contributed by atoms with van der Waals surface area (Å²) in [6.45, 7) is 16.1. The smallest absolute Gasteiger partial charge is 0.272 e. The Morgan fingerprint density at radius 2 is 1.59 bits per heavy atom. The van der Waals surface area contributed by atoms with Crippen molar-refractivity contribution in [1.29, 1.82) is 0 Å². The van der Waals surface area contributed by atoms with Crippen LogP contribution in [0.1, 0.15) is 96.5 Å². The van der Waals surface area contributed by atoms with Crippen molar-refractivity contribution in [2.45, 2.75) is 86.0 Å². The summed E-state index contributed by atoms with van der Waals surface area (Å²) in [6, 6.07) is 18.1. The van der Waals surface area contributed by atoms with Crippen molar-refractivity contribution >= 4 is 62.3 Å². The first-order valence-corrected chi connectivity index (χ1v) is 25.1. The quantitative estimate of drug-likeness (QED) is 0.123. The number of unbranched alkanes of at least 4 members (excludes halogenated alkanes) is 3. The Morgan fingerprint density at radius 1 is 0.882 bits per heavy atom. The summed E-state index contributed by atoms with van der Waals surface area (Å²) in [5, 5.41) is 17.4. The van der Waals surface area contributed by atoms with Gasteiger partial charge in [-0.2, -0.15) is 0 Å². The van der Waals surface area contributed by atoms with E-state index in [0.717, 1.165) is 137 Å². The first kappa shape index (κ1) is 46.9. The Balaban J connectivity index is 0.854. The third-order valence-corrected chi connectivity index (χ3v) is 15.5. The standard InChI is InChI=1S/C57H60IN7O3/c1-9-37-32(3)44-29-46-34(5)39(54(61-46)42-28-51(66)53-35(6)47(62-56(42)53)31-49-38(10-2)33(4)45(60-49)30-48(37)59-44)23-24-52(67)64(7)25-17-11-12-18-26-65(8)57(68)50-27-36-19-13-14-20-40(36)55(63-50)41-21-15-16-22-43(41)58/h9,13-16,19-22,27,29-31,34,39,61,66H,1,10-12,17-18,23-26,28H2,2-8H3/t34-,39-/m0/s1. The van der Waals surface area contributed by atoms with E-state index < -0.39 is 0 Å². The van der Waals surface area contributed by atoms with Gasteiger partial charge in [0.05, 0.1) is 39.9 Å². The molecule has 68 heavy (non-hydrogen) atoms. The largest absolute Gasteiger partial charge is 0.511 e. The Bertz CT molecular complexity index is 3060. The van der Waals surface area contributed by atoms with Crippen LogP contribution < -0.4 is 5.32 Å². The van der Waals surface area contributed by atoms with Gasteiger partial charge in [-0.25, -0.2) is 20.0 Å². The molecular weight excluding hydrogens is 958 g/mol. The molecular formula is C57H60IN7O3. The third kappa shape index (κ3) is 8.74. The topological polar surface area (TPSA) is 123 Å². The van der Waals surface area contributed by atoms with Gasteiger partial charge >= 0.3 is 0 Å². The summed E-state index contributed by atoms with van der Waals surface area (Å²) in [4.78, 5) is 51.6. The molecule has 0 saturated carbocycles. The monoisotopic (exact) mass is 1020 g/mol. The maximum absolute atomic E-state index is 13.8. The number of hydrogen-bond donors (Lipinski definition) is 2. The molecule has 1 saturated heterocycles. The number of aliphatic hydroxyl groups excluding tert-OH is 1. The van der Waals surface area contributed by atoms with Gasteiger partial charge in [0.1, 0.15) is 11.5 Å². The second kappa shape index (κ2) is 19.4. The van der Waals surface area contributed by atoms with Crippen molar-refractivity contribution in [3.8, 4) is 11.3 Å². The van der Waals surface area contributed by atoms with Crippen molar-refractivity contribution in [1.82, 2.24) is 20.1 Å². The fourth-order valence-corrected chi connectivity index (χ4v) is 11.1. The lowest BCUT2D eigenvalue weighted by molar-refractivity contribution is -0.130. The number of rotatable bonds is 14. The van der Waals surface area contributed by atoms with Crippen LogP contribution in [0, 0.1) is 15.4 Å². The molecule has 11 heteroatoms. The van der Waals surface area contributed by atoms with Crippen LogP contribution in [0.2, 0.25) is 0 Å². The predicted molar refractivity (Wildman–Crippen MR) is 284 cm³/mol. The van der Waals surface area contributed by atoms with E-state index >= 15 is 0 Å². The molecule has 6 aliphatic rings. The number of pyridine rings is 1. The molecule has 1 fully saturated rings. The molecule has 348 valence electrons. The summed E-state index contributed by atoms with van der Waals surface area (Å²) in [5.41, 5.74) is 16.5. The number of amides is 2. The minimum atomic E-state index is -0.0866. The molecule has 8 bridgehead atoms. The maximum atomic E-state index is 13.8. The van der Waals surface area contributed by atoms with E-state index in [9.17, 15) is 14.7 Å². The molecule has 2 aromatic carbocycles. The molecule has 6 heterocycles. The van der Waals surface area contributed by atoms with Gasteiger partial charge in [0, 0.05) is 94.5 Å². The molecule has 1 aromatic heterocycles. The number of aromatic nitrogens is 1. The number of nitrogens with zero attached hydrogens (tertiary/aromatic N) is 6. The second-order valence-corrected chi connectivity index (χ2v) is 19.9. The zero-order chi connectivity index (χ0) is 48.0. The molecule has 0 unspecified atom stereocenters. The Hall–Kier alpha value is -6.21. The normalized spacial score (nSPS) is 19.6. The minimum Gasteiger partial charge on any atom is -0.511 e. The number of nitrogens with one attached hydrogen (secondary N) is 1. The molecule has 10 nitrogen and oxygen atoms in total. The van der Waals surface area contributed by atoms with E-state index in [1.54, 1.807) is 4.90 Å². The first-order valence-electron chi connectivity index (χ1n) is 24.0. The van der Waals surface area contributed by atoms with Crippen molar-refractivity contribution in [2.24, 2.45) is 26.8 Å². The highest BCUT2D eigenvalue weighted by Gasteiger charge is 2.41. The van der Waals surface area contributed by atoms with E-state index in [1.165, 1.54) is 5.57 Å². The van der Waals surface area contributed by atoms with Crippen molar-refractivity contribution in [3.63, 3.8) is 0 Å². The molecule has 2 N–H and O–H groups in total. The van der Waals surface area contributed by atoms with Crippen molar-refractivity contribution < 1.29 is 14.7 Å². The SMILES string of the molecule is C=CC1=C(C)C2=NC1=CC1=NC(=CC3=C(C)C4=C(O)CC(=C5NC(=C2)[C@@H](C)[C@@H]5CCC(=O)N(C)CCCCCCN(C)C(=O)c2cc5ccccc5c(-c5ccccc5I)n2)C4=N3)C(CC)=C1C. The maximum Gasteiger partial charge on any atom is 0.272 e. The number of allylic oxidation sites excluding steroid dienone is 12. The summed E-state index contributed by atoms with van der Waals surface area (Å²) < 4.78 is 1.09. The number of aliphatic hydroxyl groups is 1. The first-order chi connectivity index (χ1) is 32.8. The number of aliphatic imine (C=N–C) groups is 3. The summed E-state index contributed by atoms with van der Waals surface area (Å²) in [5.74, 6) is 0.409. The fraction of sp³-hybridized carbons (Fsp3) is 0.333. The van der Waals surface area contributed by atoms with Gasteiger partial charge in [0.15, 0.2) is 0 Å². The van der Waals surface area contributed by atoms with Crippen molar-refractivity contribution in [3.05, 3.63) is 168 Å². The number of benzene rings is 2. The number of halogens is 1. The molecule has 3 aromatic rings. The molecule has 2 amide bonds. The Labute approximate surface area is 414 Å². The number of carbonyl (C=O) groups excluding carboxylic acids is 2. The van der Waals surface area contributed by atoms with E-state index in [0.29, 0.717) is 43.8 Å². The van der Waals surface area contributed by atoms with Crippen LogP contribution >= 0.6 is 22.6 Å². The fourth-order valence-electron chi connectivity index (χ4n) is 10.5. The molecule has 2 atom stereocenters. The van der Waals surface area contributed by atoms with Gasteiger partial charge in [-0.3, -0.25) is 9.59 Å². The average molecular weight is 1020 g/mol. The summed E-state index contributed by atoms with van der Waals surface area (Å²) in [7, 11) is 3.75. The highest BCUT2D eigenvalue weighted by Crippen LogP contribution is 2.46. The van der Waals surface area contributed by atoms with Gasteiger partial charge in [0.25, 0.3) is 5.91 Å². The average Bonchev–Trinajstić information content (AvgIpc) is 4.10. The van der Waals surface area contributed by atoms with Gasteiger partial charge in [-0.15, -0.1) is 0 Å². The van der Waals surface area contributed by atoms with E-state index in [1.807, 2.05) is 68.4 Å². The lowest BCUT2D eigenvalue weighted by atomic mass is 9.86. The lowest BCUT2D eigenvalue weighted by Crippen LogP contribution is -2.29. The molecule has 0 spiro atoms. The van der Waals surface area contributed by atoms with Crippen LogP contribution in [0.5, 0.6) is 0 Å². The number of hydrogen-bond acceptors (Lipinski definition) is 8. The molecule has 5 aliphatic heterocycles. The van der Waals surface area contributed by atoms with Crippen molar-refractivity contribution in [2.75, 3.05) is 27.2 Å². The molecule has 9 rings (SSSR count). The van der Waals surface area contributed by atoms with Crippen LogP contribution in [-0.2, 0) is 4.79 Å². The number of carbonyl (C=O) groups is 2. The third-order valence-electron chi connectivity index (χ3n) is 14.6. The van der Waals surface area contributed by atoms with Crippen LogP contribution in [0.4, 0.5) is 0 Å². The zero-order valence-corrected chi connectivity index (χ0v) is 42.4. The summed E-state index contributed by atoms with van der Waals surface area (Å²) in [6.07, 6.45) is 14.1. The van der Waals surface area contributed by atoms with Gasteiger partial charge < -0.3 is 20.2 Å². The van der Waals surface area contributed by atoms with Crippen LogP contribution in [0.25, 0.3) is 22.0 Å². The molecule has 0 radical (unpaired) electrons. The second-order valence-electron chi connectivity index (χ2n) is 18.8. The van der Waals surface area contributed by atoms with Gasteiger partial charge in [-0.05, 0) is 127 Å². The van der Waals surface area contributed by atoms with Crippen LogP contribution in [-0.4, -0.2) is 76.0 Å². The lowest BCUT2D eigenvalue weighted by Gasteiger charge is -2.21. The van der Waals surface area contributed by atoms with Gasteiger partial charge in [0.2, 0.25) is 5.91 Å². The summed E-state index contributed by atoms with van der Waals surface area (Å²) >= 11 is 2.33. The molecule has 1 aliphatic carbocycles.